The third-order valence-electron chi connectivity index (χ3n) is 2.05. The molecule has 0 aliphatic carbocycles. The Balaban J connectivity index is 3.00. The summed E-state index contributed by atoms with van der Waals surface area (Å²) in [5, 5.41) is 3.24. The van der Waals surface area contributed by atoms with E-state index in [1.165, 1.54) is 6.07 Å². The van der Waals surface area contributed by atoms with Crippen molar-refractivity contribution in [3.05, 3.63) is 45.3 Å². The Kier molecular flexibility index (Phi) is 4.98. The SMILES string of the molecule is [N-]=[N+]=NCCC#Cc1cc(C=O)cc(C(F)(F)F)c1. The summed E-state index contributed by atoms with van der Waals surface area (Å²) in [4.78, 5) is 13.1. The van der Waals surface area contributed by atoms with Crippen molar-refractivity contribution in [1.29, 1.82) is 0 Å². The Bertz CT molecular complexity index is 578. The highest BCUT2D eigenvalue weighted by Crippen LogP contribution is 2.30. The molecular weight excluding hydrogens is 259 g/mol. The van der Waals surface area contributed by atoms with Gasteiger partial charge in [-0.05, 0) is 23.7 Å². The van der Waals surface area contributed by atoms with Crippen LogP contribution in [0.25, 0.3) is 10.4 Å². The van der Waals surface area contributed by atoms with E-state index in [2.05, 4.69) is 21.9 Å². The highest BCUT2D eigenvalue weighted by molar-refractivity contribution is 5.76. The van der Waals surface area contributed by atoms with Gasteiger partial charge in [-0.2, -0.15) is 13.2 Å². The first-order valence-corrected chi connectivity index (χ1v) is 5.14. The molecule has 0 aliphatic rings. The molecule has 0 saturated carbocycles. The highest BCUT2D eigenvalue weighted by Gasteiger charge is 2.31. The molecule has 4 nitrogen and oxygen atoms in total. The molecule has 1 rings (SSSR count). The molecule has 0 spiro atoms. The topological polar surface area (TPSA) is 65.8 Å². The van der Waals surface area contributed by atoms with E-state index in [1.807, 2.05) is 0 Å². The smallest absolute Gasteiger partial charge is 0.298 e. The van der Waals surface area contributed by atoms with Crippen molar-refractivity contribution >= 4 is 6.29 Å². The molecule has 0 bridgehead atoms. The van der Waals surface area contributed by atoms with Gasteiger partial charge in [-0.3, -0.25) is 4.79 Å². The fraction of sp³-hybridized carbons (Fsp3) is 0.250. The van der Waals surface area contributed by atoms with Crippen molar-refractivity contribution in [2.45, 2.75) is 12.6 Å². The van der Waals surface area contributed by atoms with Crippen molar-refractivity contribution < 1.29 is 18.0 Å². The molecule has 0 heterocycles. The summed E-state index contributed by atoms with van der Waals surface area (Å²) in [5.74, 6) is 5.07. The van der Waals surface area contributed by atoms with Gasteiger partial charge < -0.3 is 0 Å². The maximum Gasteiger partial charge on any atom is 0.416 e. The van der Waals surface area contributed by atoms with Crippen molar-refractivity contribution in [2.24, 2.45) is 5.11 Å². The van der Waals surface area contributed by atoms with Crippen LogP contribution in [-0.2, 0) is 6.18 Å². The number of rotatable bonds is 3. The van der Waals surface area contributed by atoms with Crippen LogP contribution in [0.4, 0.5) is 13.2 Å². The molecule has 0 N–H and O–H groups in total. The van der Waals surface area contributed by atoms with Crippen molar-refractivity contribution in [2.75, 3.05) is 6.54 Å². The predicted octanol–water partition coefficient (Wildman–Crippen LogP) is 3.57. The summed E-state index contributed by atoms with van der Waals surface area (Å²) in [6.07, 6.45) is -3.96. The minimum absolute atomic E-state index is 0.0887. The molecule has 1 aromatic carbocycles. The number of alkyl halides is 3. The number of hydrogen-bond acceptors (Lipinski definition) is 2. The number of benzene rings is 1. The van der Waals surface area contributed by atoms with Crippen LogP contribution in [0.1, 0.15) is 27.9 Å². The van der Waals surface area contributed by atoms with E-state index in [-0.39, 0.29) is 24.1 Å². The Morgan fingerprint density at radius 2 is 2.11 bits per heavy atom. The third kappa shape index (κ3) is 4.74. The molecule has 0 fully saturated rings. The van der Waals surface area contributed by atoms with E-state index < -0.39 is 11.7 Å². The lowest BCUT2D eigenvalue weighted by molar-refractivity contribution is -0.137. The summed E-state index contributed by atoms with van der Waals surface area (Å²) in [5.41, 5.74) is 7.11. The first kappa shape index (κ1) is 14.6. The molecule has 0 amide bonds. The Morgan fingerprint density at radius 3 is 2.68 bits per heavy atom. The molecule has 0 saturated heterocycles. The van der Waals surface area contributed by atoms with Gasteiger partial charge in [-0.1, -0.05) is 17.0 Å². The molecule has 0 unspecified atom stereocenters. The summed E-state index contributed by atoms with van der Waals surface area (Å²) in [6.45, 7) is 0.142. The number of carbonyl (C=O) groups excluding carboxylic acids is 1. The fourth-order valence-electron chi connectivity index (χ4n) is 1.27. The van der Waals surface area contributed by atoms with E-state index in [4.69, 9.17) is 5.53 Å². The van der Waals surface area contributed by atoms with Crippen LogP contribution in [0.5, 0.6) is 0 Å². The van der Waals surface area contributed by atoms with Crippen molar-refractivity contribution in [3.8, 4) is 11.8 Å². The Morgan fingerprint density at radius 1 is 1.37 bits per heavy atom. The van der Waals surface area contributed by atoms with E-state index in [0.29, 0.717) is 6.29 Å². The van der Waals surface area contributed by atoms with Gasteiger partial charge in [0.05, 0.1) is 5.56 Å². The first-order valence-electron chi connectivity index (χ1n) is 5.14. The second-order valence-corrected chi connectivity index (χ2v) is 3.47. The second-order valence-electron chi connectivity index (χ2n) is 3.47. The van der Waals surface area contributed by atoms with Crippen LogP contribution < -0.4 is 0 Å². The molecule has 0 aromatic heterocycles. The summed E-state index contributed by atoms with van der Waals surface area (Å²) in [7, 11) is 0. The quantitative estimate of drug-likeness (QED) is 0.206. The van der Waals surface area contributed by atoms with Gasteiger partial charge in [0.1, 0.15) is 6.29 Å². The number of carbonyl (C=O) groups is 1. The molecule has 0 atom stereocenters. The van der Waals surface area contributed by atoms with Crippen molar-refractivity contribution in [1.82, 2.24) is 0 Å². The minimum Gasteiger partial charge on any atom is -0.298 e. The lowest BCUT2D eigenvalue weighted by atomic mass is 10.1. The van der Waals surface area contributed by atoms with E-state index in [0.717, 1.165) is 12.1 Å². The average molecular weight is 267 g/mol. The normalized spacial score (nSPS) is 10.1. The summed E-state index contributed by atoms with van der Waals surface area (Å²) in [6, 6.07) is 2.90. The molecule has 0 radical (unpaired) electrons. The standard InChI is InChI=1S/C12H8F3N3O/c13-12(14,15)11-6-9(5-10(7-11)8-19)3-1-2-4-17-18-16/h5-8H,2,4H2. The van der Waals surface area contributed by atoms with Gasteiger partial charge in [0.15, 0.2) is 0 Å². The molecule has 19 heavy (non-hydrogen) atoms. The molecule has 98 valence electrons. The average Bonchev–Trinajstić information content (AvgIpc) is 2.37. The monoisotopic (exact) mass is 267 g/mol. The molecule has 0 aliphatic heterocycles. The lowest BCUT2D eigenvalue weighted by Crippen LogP contribution is -2.06. The van der Waals surface area contributed by atoms with Crippen LogP contribution in [0.3, 0.4) is 0 Å². The Labute approximate surface area is 106 Å². The van der Waals surface area contributed by atoms with Crippen molar-refractivity contribution in [3.63, 3.8) is 0 Å². The zero-order valence-electron chi connectivity index (χ0n) is 9.61. The lowest BCUT2D eigenvalue weighted by Gasteiger charge is -2.07. The number of nitrogens with zero attached hydrogens (tertiary/aromatic N) is 3. The van der Waals surface area contributed by atoms with E-state index in [9.17, 15) is 18.0 Å². The van der Waals surface area contributed by atoms with E-state index in [1.54, 1.807) is 0 Å². The second kappa shape index (κ2) is 6.47. The first-order chi connectivity index (χ1) is 8.97. The van der Waals surface area contributed by atoms with Crippen LogP contribution in [0, 0.1) is 11.8 Å². The van der Waals surface area contributed by atoms with Gasteiger partial charge in [-0.15, -0.1) is 0 Å². The van der Waals surface area contributed by atoms with Crippen LogP contribution in [0.2, 0.25) is 0 Å². The molecule has 7 heteroatoms. The van der Waals surface area contributed by atoms with Gasteiger partial charge in [0.25, 0.3) is 0 Å². The van der Waals surface area contributed by atoms with E-state index >= 15 is 0 Å². The molecular formula is C12H8F3N3O. The number of halogens is 3. The maximum atomic E-state index is 12.6. The summed E-state index contributed by atoms with van der Waals surface area (Å²) < 4.78 is 37.7. The van der Waals surface area contributed by atoms with Crippen LogP contribution in [-0.4, -0.2) is 12.8 Å². The Hall–Kier alpha value is -2.45. The highest BCUT2D eigenvalue weighted by atomic mass is 19.4. The van der Waals surface area contributed by atoms with Gasteiger partial charge in [-0.25, -0.2) is 0 Å². The van der Waals surface area contributed by atoms with Gasteiger partial charge >= 0.3 is 6.18 Å². The van der Waals surface area contributed by atoms with Crippen LogP contribution in [0.15, 0.2) is 23.3 Å². The number of azide groups is 1. The van der Waals surface area contributed by atoms with Gasteiger partial charge in [0.2, 0.25) is 0 Å². The predicted molar refractivity (Wildman–Crippen MR) is 62.3 cm³/mol. The zero-order chi connectivity index (χ0) is 14.3. The molecule has 1 aromatic rings. The zero-order valence-corrected chi connectivity index (χ0v) is 9.61. The third-order valence-corrected chi connectivity index (χ3v) is 2.05. The minimum atomic E-state index is -4.53. The number of hydrogen-bond donors (Lipinski definition) is 0. The maximum absolute atomic E-state index is 12.6. The fourth-order valence-corrected chi connectivity index (χ4v) is 1.27. The van der Waals surface area contributed by atoms with Crippen LogP contribution >= 0.6 is 0 Å². The number of aldehydes is 1. The largest absolute Gasteiger partial charge is 0.416 e. The summed E-state index contributed by atoms with van der Waals surface area (Å²) >= 11 is 0. The van der Waals surface area contributed by atoms with Gasteiger partial charge in [0, 0.05) is 29.0 Å².